The average Bonchev–Trinajstić information content (AvgIpc) is 2.83. The first-order chi connectivity index (χ1) is 16.3. The Morgan fingerprint density at radius 2 is 1.56 bits per heavy atom. The maximum absolute atomic E-state index is 12.6. The van der Waals surface area contributed by atoms with Crippen LogP contribution in [0.3, 0.4) is 0 Å². The van der Waals surface area contributed by atoms with Gasteiger partial charge in [0.15, 0.2) is 0 Å². The Hall–Kier alpha value is -3.50. The van der Waals surface area contributed by atoms with Gasteiger partial charge in [0.25, 0.3) is 21.8 Å². The molecule has 0 aromatic heterocycles. The van der Waals surface area contributed by atoms with Crippen molar-refractivity contribution in [2.75, 3.05) is 11.3 Å². The number of hydrazine groups is 1. The molecule has 1 unspecified atom stereocenters. The molecule has 34 heavy (non-hydrogen) atoms. The number of hydrogen-bond donors (Lipinski definition) is 3. The second-order valence-corrected chi connectivity index (χ2v) is 10.2. The standard InChI is InChI=1S/C24H25N3O5S2/c1-3-32-20-13-15-22(16-14-20)34(30,31)27-19-11-9-18(10-12-19)24(29)26-25-23(28)17(2)33-21-7-5-4-6-8-21/h4-17,27H,3H2,1-2H3,(H,25,28)(H,26,29). The predicted molar refractivity (Wildman–Crippen MR) is 132 cm³/mol. The SMILES string of the molecule is CCOc1ccc(S(=O)(=O)Nc2ccc(C(=O)NNC(=O)C(C)Sc3ccccc3)cc2)cc1. The van der Waals surface area contributed by atoms with Crippen LogP contribution in [0.15, 0.2) is 88.7 Å². The Balaban J connectivity index is 1.54. The number of amides is 2. The fourth-order valence-electron chi connectivity index (χ4n) is 2.83. The van der Waals surface area contributed by atoms with Gasteiger partial charge in [-0.1, -0.05) is 18.2 Å². The molecular weight excluding hydrogens is 474 g/mol. The van der Waals surface area contributed by atoms with Crippen LogP contribution in [0.4, 0.5) is 5.69 Å². The predicted octanol–water partition coefficient (Wildman–Crippen LogP) is 3.83. The topological polar surface area (TPSA) is 114 Å². The summed E-state index contributed by atoms with van der Waals surface area (Å²) in [5, 5.41) is -0.415. The van der Waals surface area contributed by atoms with E-state index in [2.05, 4.69) is 15.6 Å². The van der Waals surface area contributed by atoms with Crippen molar-refractivity contribution in [2.45, 2.75) is 28.9 Å². The first kappa shape index (κ1) is 25.1. The summed E-state index contributed by atoms with van der Waals surface area (Å²) in [6, 6.07) is 21.4. The average molecular weight is 500 g/mol. The van der Waals surface area contributed by atoms with Crippen molar-refractivity contribution in [1.29, 1.82) is 0 Å². The number of anilines is 1. The minimum atomic E-state index is -3.80. The lowest BCUT2D eigenvalue weighted by molar-refractivity contribution is -0.121. The number of sulfonamides is 1. The Bertz CT molecular complexity index is 1220. The van der Waals surface area contributed by atoms with Crippen molar-refractivity contribution in [3.05, 3.63) is 84.4 Å². The van der Waals surface area contributed by atoms with Crippen molar-refractivity contribution < 1.29 is 22.7 Å². The van der Waals surface area contributed by atoms with E-state index in [9.17, 15) is 18.0 Å². The largest absolute Gasteiger partial charge is 0.494 e. The molecule has 0 bridgehead atoms. The normalized spacial score (nSPS) is 11.8. The van der Waals surface area contributed by atoms with Crippen LogP contribution in [0.2, 0.25) is 0 Å². The second-order valence-electron chi connectivity index (χ2n) is 7.10. The third-order valence-corrected chi connectivity index (χ3v) is 7.08. The molecule has 3 rings (SSSR count). The highest BCUT2D eigenvalue weighted by Gasteiger charge is 2.17. The number of rotatable bonds is 9. The van der Waals surface area contributed by atoms with Crippen LogP contribution in [-0.4, -0.2) is 32.1 Å². The molecular formula is C24H25N3O5S2. The van der Waals surface area contributed by atoms with Crippen LogP contribution in [0.5, 0.6) is 5.75 Å². The summed E-state index contributed by atoms with van der Waals surface area (Å²) in [5.74, 6) is -0.287. The van der Waals surface area contributed by atoms with Crippen molar-refractivity contribution in [2.24, 2.45) is 0 Å². The minimum Gasteiger partial charge on any atom is -0.494 e. The third kappa shape index (κ3) is 7.00. The molecule has 0 aliphatic carbocycles. The summed E-state index contributed by atoms with van der Waals surface area (Å²) in [4.78, 5) is 25.6. The van der Waals surface area contributed by atoms with E-state index in [1.165, 1.54) is 48.2 Å². The van der Waals surface area contributed by atoms with E-state index in [0.29, 0.717) is 18.0 Å². The fourth-order valence-corrected chi connectivity index (χ4v) is 4.78. The molecule has 0 aliphatic heterocycles. The molecule has 0 saturated carbocycles. The quantitative estimate of drug-likeness (QED) is 0.305. The maximum Gasteiger partial charge on any atom is 0.269 e. The molecule has 8 nitrogen and oxygen atoms in total. The zero-order valence-corrected chi connectivity index (χ0v) is 20.3. The monoisotopic (exact) mass is 499 g/mol. The van der Waals surface area contributed by atoms with Gasteiger partial charge in [-0.25, -0.2) is 8.42 Å². The second kappa shape index (κ2) is 11.6. The van der Waals surface area contributed by atoms with E-state index < -0.39 is 21.2 Å². The summed E-state index contributed by atoms with van der Waals surface area (Å²) in [6.07, 6.45) is 0. The van der Waals surface area contributed by atoms with Crippen molar-refractivity contribution in [1.82, 2.24) is 10.9 Å². The van der Waals surface area contributed by atoms with Crippen molar-refractivity contribution >= 4 is 39.3 Å². The van der Waals surface area contributed by atoms with Crippen LogP contribution in [0.25, 0.3) is 0 Å². The summed E-state index contributed by atoms with van der Waals surface area (Å²) >= 11 is 1.37. The lowest BCUT2D eigenvalue weighted by Gasteiger charge is -2.13. The Kier molecular flexibility index (Phi) is 8.55. The van der Waals surface area contributed by atoms with Gasteiger partial charge in [-0.3, -0.25) is 25.2 Å². The van der Waals surface area contributed by atoms with E-state index in [0.717, 1.165) is 4.90 Å². The van der Waals surface area contributed by atoms with Gasteiger partial charge < -0.3 is 4.74 Å². The zero-order valence-electron chi connectivity index (χ0n) is 18.6. The van der Waals surface area contributed by atoms with Crippen LogP contribution in [0.1, 0.15) is 24.2 Å². The number of ether oxygens (including phenoxy) is 1. The lowest BCUT2D eigenvalue weighted by atomic mass is 10.2. The van der Waals surface area contributed by atoms with Crippen molar-refractivity contribution in [3.8, 4) is 5.75 Å². The molecule has 0 saturated heterocycles. The summed E-state index contributed by atoms with van der Waals surface area (Å²) in [7, 11) is -3.80. The Morgan fingerprint density at radius 1 is 0.912 bits per heavy atom. The third-order valence-electron chi connectivity index (χ3n) is 4.57. The molecule has 0 fully saturated rings. The van der Waals surface area contributed by atoms with Gasteiger partial charge >= 0.3 is 0 Å². The van der Waals surface area contributed by atoms with Gasteiger partial charge in [0.1, 0.15) is 5.75 Å². The van der Waals surface area contributed by atoms with Crippen molar-refractivity contribution in [3.63, 3.8) is 0 Å². The summed E-state index contributed by atoms with van der Waals surface area (Å²) < 4.78 is 33.0. The van der Waals surface area contributed by atoms with Gasteiger partial charge in [0, 0.05) is 16.1 Å². The molecule has 10 heteroatoms. The summed E-state index contributed by atoms with van der Waals surface area (Å²) in [6.45, 7) is 4.07. The van der Waals surface area contributed by atoms with E-state index in [4.69, 9.17) is 4.74 Å². The highest BCUT2D eigenvalue weighted by Crippen LogP contribution is 2.22. The molecule has 178 valence electrons. The van der Waals surface area contributed by atoms with Crippen LogP contribution in [-0.2, 0) is 14.8 Å². The molecule has 0 heterocycles. The van der Waals surface area contributed by atoms with E-state index >= 15 is 0 Å². The minimum absolute atomic E-state index is 0.0861. The molecule has 0 radical (unpaired) electrons. The first-order valence-corrected chi connectivity index (χ1v) is 12.8. The van der Waals surface area contributed by atoms with Gasteiger partial charge in [0.05, 0.1) is 16.8 Å². The van der Waals surface area contributed by atoms with E-state index in [1.807, 2.05) is 37.3 Å². The van der Waals surface area contributed by atoms with Crippen LogP contribution < -0.4 is 20.3 Å². The fraction of sp³-hybridized carbons (Fsp3) is 0.167. The highest BCUT2D eigenvalue weighted by atomic mass is 32.2. The Morgan fingerprint density at radius 3 is 2.18 bits per heavy atom. The number of benzene rings is 3. The first-order valence-electron chi connectivity index (χ1n) is 10.5. The van der Waals surface area contributed by atoms with E-state index in [1.54, 1.807) is 19.1 Å². The smallest absolute Gasteiger partial charge is 0.269 e. The number of carbonyl (C=O) groups is 2. The summed E-state index contributed by atoms with van der Waals surface area (Å²) in [5.41, 5.74) is 5.33. The number of hydrogen-bond acceptors (Lipinski definition) is 6. The molecule has 2 amide bonds. The molecule has 3 aromatic carbocycles. The maximum atomic E-state index is 12.6. The van der Waals surface area contributed by atoms with Gasteiger partial charge in [-0.05, 0) is 74.5 Å². The van der Waals surface area contributed by atoms with E-state index in [-0.39, 0.29) is 16.4 Å². The number of carbonyl (C=O) groups excluding carboxylic acids is 2. The molecule has 3 N–H and O–H groups in total. The molecule has 1 atom stereocenters. The van der Waals surface area contributed by atoms with Crippen LogP contribution >= 0.6 is 11.8 Å². The molecule has 3 aromatic rings. The molecule has 0 aliphatic rings. The van der Waals surface area contributed by atoms with Gasteiger partial charge in [-0.15, -0.1) is 11.8 Å². The highest BCUT2D eigenvalue weighted by molar-refractivity contribution is 8.00. The van der Waals surface area contributed by atoms with Gasteiger partial charge in [0.2, 0.25) is 0 Å². The molecule has 0 spiro atoms. The number of nitrogens with one attached hydrogen (secondary N) is 3. The zero-order chi connectivity index (χ0) is 24.6. The Labute approximate surface area is 203 Å². The number of thioether (sulfide) groups is 1. The van der Waals surface area contributed by atoms with Gasteiger partial charge in [-0.2, -0.15) is 0 Å². The lowest BCUT2D eigenvalue weighted by Crippen LogP contribution is -2.44. The van der Waals surface area contributed by atoms with Crippen LogP contribution in [0, 0.1) is 0 Å².